The standard InChI is InChI=1S/C17H13N5O4S/c1-27(25,26)21-16(23)13-6-7-15(19-9-13)22-17(24)14(10-20-22)12-4-2-11(8-18)3-5-12/h2-7,9-10,20H,1H3,(H,21,23). The third-order valence-electron chi connectivity index (χ3n) is 3.61. The van der Waals surface area contributed by atoms with Gasteiger partial charge >= 0.3 is 0 Å². The smallest absolute Gasteiger partial charge is 0.280 e. The SMILES string of the molecule is CS(=O)(=O)NC(=O)c1ccc(-n2[nH]cc(-c3ccc(C#N)cc3)c2=O)nc1. The maximum absolute atomic E-state index is 12.6. The van der Waals surface area contributed by atoms with E-state index >= 15 is 0 Å². The summed E-state index contributed by atoms with van der Waals surface area (Å²) < 4.78 is 25.2. The molecule has 0 radical (unpaired) electrons. The molecule has 3 rings (SSSR count). The minimum absolute atomic E-state index is 0.0381. The fourth-order valence-electron chi connectivity index (χ4n) is 2.35. The van der Waals surface area contributed by atoms with E-state index in [9.17, 15) is 18.0 Å². The van der Waals surface area contributed by atoms with Crippen LogP contribution >= 0.6 is 0 Å². The van der Waals surface area contributed by atoms with Crippen LogP contribution < -0.4 is 10.3 Å². The van der Waals surface area contributed by atoms with E-state index in [-0.39, 0.29) is 16.9 Å². The minimum Gasteiger partial charge on any atom is -0.296 e. The van der Waals surface area contributed by atoms with Crippen molar-refractivity contribution in [1.29, 1.82) is 5.26 Å². The molecule has 10 heteroatoms. The Morgan fingerprint density at radius 3 is 2.48 bits per heavy atom. The molecule has 2 aromatic heterocycles. The maximum atomic E-state index is 12.6. The molecule has 1 amide bonds. The lowest BCUT2D eigenvalue weighted by molar-refractivity contribution is 0.0981. The van der Waals surface area contributed by atoms with Crippen LogP contribution in [0.3, 0.4) is 0 Å². The van der Waals surface area contributed by atoms with Gasteiger partial charge in [0, 0.05) is 12.4 Å². The van der Waals surface area contributed by atoms with Crippen LogP contribution in [0, 0.1) is 11.3 Å². The monoisotopic (exact) mass is 383 g/mol. The van der Waals surface area contributed by atoms with Crippen molar-refractivity contribution in [2.75, 3.05) is 6.26 Å². The van der Waals surface area contributed by atoms with Gasteiger partial charge in [-0.05, 0) is 29.8 Å². The average molecular weight is 383 g/mol. The number of hydrogen-bond acceptors (Lipinski definition) is 6. The van der Waals surface area contributed by atoms with Gasteiger partial charge < -0.3 is 0 Å². The fraction of sp³-hybridized carbons (Fsp3) is 0.0588. The van der Waals surface area contributed by atoms with Gasteiger partial charge in [0.1, 0.15) is 0 Å². The van der Waals surface area contributed by atoms with E-state index < -0.39 is 15.9 Å². The summed E-state index contributed by atoms with van der Waals surface area (Å²) in [5.41, 5.74) is 1.19. The predicted octanol–water partition coefficient (Wildman–Crippen LogP) is 0.789. The van der Waals surface area contributed by atoms with Crippen molar-refractivity contribution in [3.05, 3.63) is 70.3 Å². The van der Waals surface area contributed by atoms with Gasteiger partial charge in [0.2, 0.25) is 10.0 Å². The number of sulfonamides is 1. The van der Waals surface area contributed by atoms with Gasteiger partial charge in [-0.3, -0.25) is 14.7 Å². The van der Waals surface area contributed by atoms with Gasteiger partial charge in [0.25, 0.3) is 11.5 Å². The van der Waals surface area contributed by atoms with Crippen LogP contribution in [0.2, 0.25) is 0 Å². The molecule has 0 aliphatic carbocycles. The summed E-state index contributed by atoms with van der Waals surface area (Å²) in [5.74, 6) is -0.579. The van der Waals surface area contributed by atoms with E-state index in [2.05, 4.69) is 10.1 Å². The van der Waals surface area contributed by atoms with Gasteiger partial charge in [0.05, 0.1) is 29.0 Å². The Bertz CT molecular complexity index is 1200. The second kappa shape index (κ2) is 6.89. The number of carbonyl (C=O) groups excluding carboxylic acids is 1. The number of nitrogens with one attached hydrogen (secondary N) is 2. The van der Waals surface area contributed by atoms with Gasteiger partial charge in [-0.2, -0.15) is 5.26 Å². The molecule has 0 spiro atoms. The normalized spacial score (nSPS) is 11.0. The number of nitriles is 1. The molecule has 2 heterocycles. The van der Waals surface area contributed by atoms with Crippen molar-refractivity contribution < 1.29 is 13.2 Å². The molecule has 9 nitrogen and oxygen atoms in total. The maximum Gasteiger partial charge on any atom is 0.280 e. The number of benzene rings is 1. The molecule has 0 aliphatic heterocycles. The molecule has 0 saturated heterocycles. The van der Waals surface area contributed by atoms with E-state index in [0.29, 0.717) is 16.7 Å². The van der Waals surface area contributed by atoms with Crippen molar-refractivity contribution in [1.82, 2.24) is 19.5 Å². The number of hydrogen-bond donors (Lipinski definition) is 2. The average Bonchev–Trinajstić information content (AvgIpc) is 3.02. The van der Waals surface area contributed by atoms with Crippen molar-refractivity contribution in [3.63, 3.8) is 0 Å². The van der Waals surface area contributed by atoms with Crippen LogP contribution in [0.1, 0.15) is 15.9 Å². The Morgan fingerprint density at radius 1 is 1.22 bits per heavy atom. The van der Waals surface area contributed by atoms with Gasteiger partial charge in [-0.1, -0.05) is 12.1 Å². The van der Waals surface area contributed by atoms with Crippen molar-refractivity contribution in [2.24, 2.45) is 0 Å². The first-order valence-electron chi connectivity index (χ1n) is 7.58. The highest BCUT2D eigenvalue weighted by Crippen LogP contribution is 2.16. The number of pyridine rings is 1. The molecular formula is C17H13N5O4S. The Morgan fingerprint density at radius 2 is 1.93 bits per heavy atom. The molecule has 2 N–H and O–H groups in total. The summed E-state index contributed by atoms with van der Waals surface area (Å²) in [4.78, 5) is 28.4. The van der Waals surface area contributed by atoms with Crippen LogP contribution in [-0.4, -0.2) is 35.3 Å². The molecule has 0 saturated carbocycles. The first kappa shape index (κ1) is 18.1. The number of nitrogens with zero attached hydrogens (tertiary/aromatic N) is 3. The Labute approximate surface area is 153 Å². The highest BCUT2D eigenvalue weighted by atomic mass is 32.2. The quantitative estimate of drug-likeness (QED) is 0.683. The van der Waals surface area contributed by atoms with E-state index in [4.69, 9.17) is 5.26 Å². The summed E-state index contributed by atoms with van der Waals surface area (Å²) in [6.07, 6.45) is 3.55. The number of aromatic amines is 1. The topological polar surface area (TPSA) is 138 Å². The van der Waals surface area contributed by atoms with Crippen molar-refractivity contribution in [2.45, 2.75) is 0 Å². The van der Waals surface area contributed by atoms with E-state index in [1.54, 1.807) is 24.3 Å². The summed E-state index contributed by atoms with van der Waals surface area (Å²) in [6.45, 7) is 0. The second-order valence-electron chi connectivity index (χ2n) is 5.63. The minimum atomic E-state index is -3.68. The first-order chi connectivity index (χ1) is 12.8. The molecular weight excluding hydrogens is 370 g/mol. The molecule has 0 bridgehead atoms. The first-order valence-corrected chi connectivity index (χ1v) is 9.47. The van der Waals surface area contributed by atoms with Crippen LogP contribution in [0.4, 0.5) is 0 Å². The summed E-state index contributed by atoms with van der Waals surface area (Å²) in [6, 6.07) is 11.3. The lowest BCUT2D eigenvalue weighted by Crippen LogP contribution is -2.29. The summed E-state index contributed by atoms with van der Waals surface area (Å²) in [7, 11) is -3.68. The third kappa shape index (κ3) is 3.94. The van der Waals surface area contributed by atoms with Crippen LogP contribution in [0.15, 0.2) is 53.6 Å². The largest absolute Gasteiger partial charge is 0.296 e. The Balaban J connectivity index is 1.89. The number of amides is 1. The zero-order valence-electron chi connectivity index (χ0n) is 14.0. The molecule has 0 atom stereocenters. The molecule has 1 aromatic carbocycles. The number of H-pyrrole nitrogens is 1. The van der Waals surface area contributed by atoms with E-state index in [1.807, 2.05) is 10.8 Å². The zero-order chi connectivity index (χ0) is 19.6. The Hall–Kier alpha value is -3.71. The van der Waals surface area contributed by atoms with Gasteiger partial charge in [0.15, 0.2) is 5.82 Å². The molecule has 0 unspecified atom stereocenters. The second-order valence-corrected chi connectivity index (χ2v) is 7.37. The number of aromatic nitrogens is 3. The fourth-order valence-corrected chi connectivity index (χ4v) is 2.81. The van der Waals surface area contributed by atoms with Crippen molar-refractivity contribution in [3.8, 4) is 23.0 Å². The summed E-state index contributed by atoms with van der Waals surface area (Å²) in [5, 5.41) is 11.6. The van der Waals surface area contributed by atoms with Crippen molar-refractivity contribution >= 4 is 15.9 Å². The van der Waals surface area contributed by atoms with Crippen LogP contribution in [-0.2, 0) is 10.0 Å². The number of carbonyl (C=O) groups is 1. The summed E-state index contributed by atoms with van der Waals surface area (Å²) >= 11 is 0. The third-order valence-corrected chi connectivity index (χ3v) is 4.17. The predicted molar refractivity (Wildman–Crippen MR) is 96.6 cm³/mol. The van der Waals surface area contributed by atoms with Gasteiger partial charge in [-0.25, -0.2) is 22.8 Å². The van der Waals surface area contributed by atoms with E-state index in [0.717, 1.165) is 6.26 Å². The lowest BCUT2D eigenvalue weighted by atomic mass is 10.1. The molecule has 27 heavy (non-hydrogen) atoms. The molecule has 0 aliphatic rings. The lowest BCUT2D eigenvalue weighted by Gasteiger charge is -2.04. The van der Waals surface area contributed by atoms with Crippen LogP contribution in [0.25, 0.3) is 16.9 Å². The van der Waals surface area contributed by atoms with E-state index in [1.165, 1.54) is 29.2 Å². The Kier molecular flexibility index (Phi) is 4.62. The molecule has 3 aromatic rings. The number of rotatable bonds is 4. The van der Waals surface area contributed by atoms with Crippen LogP contribution in [0.5, 0.6) is 0 Å². The zero-order valence-corrected chi connectivity index (χ0v) is 14.8. The highest BCUT2D eigenvalue weighted by molar-refractivity contribution is 7.89. The molecule has 0 fully saturated rings. The van der Waals surface area contributed by atoms with Gasteiger partial charge in [-0.15, -0.1) is 0 Å². The highest BCUT2D eigenvalue weighted by Gasteiger charge is 2.14. The molecule has 136 valence electrons.